The molecule has 0 amide bonds. The molecule has 0 saturated heterocycles. The van der Waals surface area contributed by atoms with Gasteiger partial charge in [-0.3, -0.25) is 0 Å². The summed E-state index contributed by atoms with van der Waals surface area (Å²) >= 11 is 6.18. The fraction of sp³-hybridized carbons (Fsp3) is 0.400. The maximum absolute atomic E-state index is 12.6. The van der Waals surface area contributed by atoms with Crippen LogP contribution in [-0.4, -0.2) is 28.1 Å². The SMILES string of the molecule is CCc1nc(C)nc(NCCOc2cccc(C(F)(F)F)n2)c1Cl. The van der Waals surface area contributed by atoms with Crippen LogP contribution >= 0.6 is 11.6 Å². The van der Waals surface area contributed by atoms with Crippen molar-refractivity contribution in [2.75, 3.05) is 18.5 Å². The van der Waals surface area contributed by atoms with Crippen LogP contribution in [0.5, 0.6) is 5.88 Å². The highest BCUT2D eigenvalue weighted by molar-refractivity contribution is 6.33. The summed E-state index contributed by atoms with van der Waals surface area (Å²) in [5.74, 6) is 0.965. The molecule has 0 spiro atoms. The van der Waals surface area contributed by atoms with Crippen LogP contribution in [0.25, 0.3) is 0 Å². The third kappa shape index (κ3) is 4.70. The molecule has 0 unspecified atom stereocenters. The van der Waals surface area contributed by atoms with Crippen molar-refractivity contribution < 1.29 is 17.9 Å². The van der Waals surface area contributed by atoms with E-state index in [1.54, 1.807) is 6.92 Å². The lowest BCUT2D eigenvalue weighted by Crippen LogP contribution is -2.15. The zero-order chi connectivity index (χ0) is 17.7. The summed E-state index contributed by atoms with van der Waals surface area (Å²) in [7, 11) is 0. The van der Waals surface area contributed by atoms with E-state index in [-0.39, 0.29) is 12.5 Å². The maximum Gasteiger partial charge on any atom is 0.433 e. The summed E-state index contributed by atoms with van der Waals surface area (Å²) in [5.41, 5.74) is -0.262. The van der Waals surface area contributed by atoms with Crippen molar-refractivity contribution in [2.45, 2.75) is 26.4 Å². The van der Waals surface area contributed by atoms with E-state index in [2.05, 4.69) is 20.3 Å². The molecule has 2 aromatic heterocycles. The molecular formula is C15H16ClF3N4O. The van der Waals surface area contributed by atoms with Gasteiger partial charge in [-0.2, -0.15) is 13.2 Å². The molecule has 0 aliphatic rings. The first-order valence-corrected chi connectivity index (χ1v) is 7.63. The van der Waals surface area contributed by atoms with Crippen LogP contribution in [0.2, 0.25) is 5.02 Å². The third-order valence-electron chi connectivity index (χ3n) is 3.02. The number of anilines is 1. The minimum atomic E-state index is -4.50. The summed E-state index contributed by atoms with van der Waals surface area (Å²) in [6, 6.07) is 3.50. The number of halogens is 4. The number of nitrogens with zero attached hydrogens (tertiary/aromatic N) is 3. The van der Waals surface area contributed by atoms with Gasteiger partial charge in [0.25, 0.3) is 0 Å². The predicted octanol–water partition coefficient (Wildman–Crippen LogP) is 3.91. The Morgan fingerprint density at radius 3 is 2.62 bits per heavy atom. The van der Waals surface area contributed by atoms with E-state index in [1.165, 1.54) is 12.1 Å². The largest absolute Gasteiger partial charge is 0.476 e. The van der Waals surface area contributed by atoms with Crippen LogP contribution in [-0.2, 0) is 12.6 Å². The highest BCUT2D eigenvalue weighted by atomic mass is 35.5. The van der Waals surface area contributed by atoms with Gasteiger partial charge in [-0.15, -0.1) is 0 Å². The molecule has 2 rings (SSSR count). The fourth-order valence-electron chi connectivity index (χ4n) is 1.95. The van der Waals surface area contributed by atoms with Crippen LogP contribution < -0.4 is 10.1 Å². The third-order valence-corrected chi connectivity index (χ3v) is 3.42. The first-order chi connectivity index (χ1) is 11.3. The van der Waals surface area contributed by atoms with E-state index >= 15 is 0 Å². The molecule has 0 saturated carbocycles. The molecule has 9 heteroatoms. The summed E-state index contributed by atoms with van der Waals surface area (Å²) in [6.07, 6.45) is -3.83. The zero-order valence-corrected chi connectivity index (χ0v) is 13.9. The fourth-order valence-corrected chi connectivity index (χ4v) is 2.23. The van der Waals surface area contributed by atoms with E-state index in [9.17, 15) is 13.2 Å². The van der Waals surface area contributed by atoms with Crippen molar-refractivity contribution in [3.8, 4) is 5.88 Å². The molecular weight excluding hydrogens is 345 g/mol. The minimum Gasteiger partial charge on any atom is -0.476 e. The van der Waals surface area contributed by atoms with Gasteiger partial charge in [0, 0.05) is 6.07 Å². The predicted molar refractivity (Wildman–Crippen MR) is 84.4 cm³/mol. The van der Waals surface area contributed by atoms with Gasteiger partial charge in [0.15, 0.2) is 0 Å². The van der Waals surface area contributed by atoms with E-state index in [1.807, 2.05) is 6.92 Å². The Hall–Kier alpha value is -2.09. The van der Waals surface area contributed by atoms with Crippen molar-refractivity contribution in [1.29, 1.82) is 0 Å². The number of alkyl halides is 3. The van der Waals surface area contributed by atoms with Gasteiger partial charge in [0.2, 0.25) is 5.88 Å². The molecule has 0 atom stereocenters. The number of aromatic nitrogens is 3. The van der Waals surface area contributed by atoms with Crippen LogP contribution in [0.15, 0.2) is 18.2 Å². The highest BCUT2D eigenvalue weighted by Crippen LogP contribution is 2.28. The van der Waals surface area contributed by atoms with Gasteiger partial charge in [0.1, 0.15) is 29.0 Å². The molecule has 1 N–H and O–H groups in total. The molecule has 2 aromatic rings. The molecule has 0 radical (unpaired) electrons. The van der Waals surface area contributed by atoms with Crippen LogP contribution in [0.3, 0.4) is 0 Å². The summed E-state index contributed by atoms with van der Waals surface area (Å²) in [6.45, 7) is 4.09. The Morgan fingerprint density at radius 2 is 1.96 bits per heavy atom. The molecule has 5 nitrogen and oxygen atoms in total. The average Bonchev–Trinajstić information content (AvgIpc) is 2.53. The van der Waals surface area contributed by atoms with Crippen molar-refractivity contribution >= 4 is 17.4 Å². The van der Waals surface area contributed by atoms with Crippen LogP contribution in [0.1, 0.15) is 24.1 Å². The second kappa shape index (κ2) is 7.65. The normalized spacial score (nSPS) is 11.4. The van der Waals surface area contributed by atoms with Gasteiger partial charge in [-0.1, -0.05) is 24.6 Å². The number of hydrogen-bond acceptors (Lipinski definition) is 5. The van der Waals surface area contributed by atoms with Crippen LogP contribution in [0.4, 0.5) is 19.0 Å². The highest BCUT2D eigenvalue weighted by Gasteiger charge is 2.32. The van der Waals surface area contributed by atoms with Crippen molar-refractivity contribution in [3.63, 3.8) is 0 Å². The van der Waals surface area contributed by atoms with E-state index in [4.69, 9.17) is 16.3 Å². The van der Waals surface area contributed by atoms with Crippen LogP contribution in [0, 0.1) is 6.92 Å². The Bertz CT molecular complexity index is 710. The lowest BCUT2D eigenvalue weighted by Gasteiger charge is -2.12. The van der Waals surface area contributed by atoms with Gasteiger partial charge < -0.3 is 10.1 Å². The summed E-state index contributed by atoms with van der Waals surface area (Å²) in [4.78, 5) is 11.8. The smallest absolute Gasteiger partial charge is 0.433 e. The number of ether oxygens (including phenoxy) is 1. The second-order valence-corrected chi connectivity index (χ2v) is 5.25. The standard InChI is InChI=1S/C15H16ClF3N4O/c1-3-10-13(16)14(22-9(2)21-10)20-7-8-24-12-6-4-5-11(23-12)15(17,18)19/h4-6H,3,7-8H2,1-2H3,(H,20,21,22). The first kappa shape index (κ1) is 18.3. The minimum absolute atomic E-state index is 0.0918. The van der Waals surface area contributed by atoms with E-state index in [0.717, 1.165) is 11.8 Å². The molecule has 0 aromatic carbocycles. The number of rotatable bonds is 6. The second-order valence-electron chi connectivity index (χ2n) is 4.87. The topological polar surface area (TPSA) is 59.9 Å². The van der Waals surface area contributed by atoms with Gasteiger partial charge in [-0.05, 0) is 19.4 Å². The lowest BCUT2D eigenvalue weighted by molar-refractivity contribution is -0.141. The summed E-state index contributed by atoms with van der Waals surface area (Å²) in [5, 5.41) is 3.42. The molecule has 0 fully saturated rings. The lowest BCUT2D eigenvalue weighted by atomic mass is 10.3. The number of nitrogens with one attached hydrogen (secondary N) is 1. The zero-order valence-electron chi connectivity index (χ0n) is 13.1. The molecule has 0 bridgehead atoms. The number of pyridine rings is 1. The van der Waals surface area contributed by atoms with Gasteiger partial charge in [0.05, 0.1) is 12.2 Å². The monoisotopic (exact) mass is 360 g/mol. The Balaban J connectivity index is 1.93. The number of aryl methyl sites for hydroxylation is 2. The van der Waals surface area contributed by atoms with Gasteiger partial charge in [-0.25, -0.2) is 15.0 Å². The van der Waals surface area contributed by atoms with Crippen molar-refractivity contribution in [1.82, 2.24) is 15.0 Å². The first-order valence-electron chi connectivity index (χ1n) is 7.25. The van der Waals surface area contributed by atoms with Gasteiger partial charge >= 0.3 is 6.18 Å². The molecule has 24 heavy (non-hydrogen) atoms. The van der Waals surface area contributed by atoms with E-state index in [0.29, 0.717) is 29.6 Å². The van der Waals surface area contributed by atoms with Crippen molar-refractivity contribution in [2.24, 2.45) is 0 Å². The maximum atomic E-state index is 12.6. The molecule has 0 aliphatic heterocycles. The molecule has 2 heterocycles. The Labute approximate surface area is 142 Å². The molecule has 130 valence electrons. The quantitative estimate of drug-likeness (QED) is 0.791. The Morgan fingerprint density at radius 1 is 1.21 bits per heavy atom. The Kier molecular flexibility index (Phi) is 5.82. The summed E-state index contributed by atoms with van der Waals surface area (Å²) < 4.78 is 42.9. The van der Waals surface area contributed by atoms with Crippen molar-refractivity contribution in [3.05, 3.63) is 40.4 Å². The number of hydrogen-bond donors (Lipinski definition) is 1. The molecule has 0 aliphatic carbocycles. The average molecular weight is 361 g/mol. The van der Waals surface area contributed by atoms with E-state index < -0.39 is 11.9 Å².